The largest absolute Gasteiger partial charge is 0.454 e. The smallest absolute Gasteiger partial charge is 0.284 e. The van der Waals surface area contributed by atoms with Crippen LogP contribution in [0, 0.1) is 5.92 Å². The number of hydrogen-bond donors (Lipinski definition) is 3. The predicted octanol–water partition coefficient (Wildman–Crippen LogP) is 1.46. The molecule has 1 fully saturated rings. The first-order valence-corrected chi connectivity index (χ1v) is 6.59. The normalized spacial score (nSPS) is 14.6. The minimum Gasteiger partial charge on any atom is -0.454 e. The van der Waals surface area contributed by atoms with E-state index in [0.29, 0.717) is 12.3 Å². The van der Waals surface area contributed by atoms with Crippen LogP contribution in [0.1, 0.15) is 36.1 Å². The Morgan fingerprint density at radius 1 is 1.45 bits per heavy atom. The van der Waals surface area contributed by atoms with Crippen LogP contribution in [0.4, 0.5) is 0 Å². The maximum Gasteiger partial charge on any atom is 0.284 e. The van der Waals surface area contributed by atoms with Crippen LogP contribution in [0.2, 0.25) is 0 Å². The monoisotopic (exact) mass is 392 g/mol. The Morgan fingerprint density at radius 3 is 2.75 bits per heavy atom. The molecule has 4 N–H and O–H groups in total. The predicted molar refractivity (Wildman–Crippen MR) is 88.2 cm³/mol. The van der Waals surface area contributed by atoms with Crippen LogP contribution in [0.25, 0.3) is 0 Å². The van der Waals surface area contributed by atoms with E-state index in [4.69, 9.17) is 10.2 Å². The van der Waals surface area contributed by atoms with Gasteiger partial charge in [0.25, 0.3) is 5.91 Å². The molecule has 20 heavy (non-hydrogen) atoms. The fraction of sp³-hybridized carbons (Fsp3) is 0.538. The highest BCUT2D eigenvalue weighted by molar-refractivity contribution is 14.0. The Hall–Kier alpha value is -1.25. The number of carbonyl (C=O) groups is 1. The molecule has 0 spiro atoms. The highest BCUT2D eigenvalue weighted by Gasteiger charge is 2.21. The SMILES string of the molecule is CCNC(=NCc1ccc(C(N)=O)o1)NCC1CC1.I. The van der Waals surface area contributed by atoms with Gasteiger partial charge in [0.2, 0.25) is 0 Å². The molecule has 0 atom stereocenters. The van der Waals surface area contributed by atoms with Crippen molar-refractivity contribution < 1.29 is 9.21 Å². The molecular formula is C13H21IN4O2. The summed E-state index contributed by atoms with van der Waals surface area (Å²) in [5.41, 5.74) is 5.13. The van der Waals surface area contributed by atoms with E-state index in [1.54, 1.807) is 12.1 Å². The molecule has 0 bridgehead atoms. The van der Waals surface area contributed by atoms with Crippen LogP contribution < -0.4 is 16.4 Å². The fourth-order valence-corrected chi connectivity index (χ4v) is 1.66. The molecule has 1 saturated carbocycles. The molecule has 6 nitrogen and oxygen atoms in total. The first-order chi connectivity index (χ1) is 9.19. The number of halogens is 1. The molecule has 1 aliphatic carbocycles. The van der Waals surface area contributed by atoms with Gasteiger partial charge in [-0.1, -0.05) is 0 Å². The first kappa shape index (κ1) is 16.8. The fourth-order valence-electron chi connectivity index (χ4n) is 1.66. The van der Waals surface area contributed by atoms with Crippen molar-refractivity contribution in [1.29, 1.82) is 0 Å². The van der Waals surface area contributed by atoms with Crippen molar-refractivity contribution in [2.24, 2.45) is 16.6 Å². The summed E-state index contributed by atoms with van der Waals surface area (Å²) in [6.45, 7) is 4.16. The summed E-state index contributed by atoms with van der Waals surface area (Å²) in [4.78, 5) is 15.3. The van der Waals surface area contributed by atoms with E-state index in [9.17, 15) is 4.79 Å². The lowest BCUT2D eigenvalue weighted by Gasteiger charge is -2.10. The number of nitrogens with zero attached hydrogens (tertiary/aromatic N) is 1. The summed E-state index contributed by atoms with van der Waals surface area (Å²) in [6, 6.07) is 3.28. The zero-order chi connectivity index (χ0) is 13.7. The Bertz CT molecular complexity index is 469. The number of aliphatic imine (C=N–C) groups is 1. The second-order valence-electron chi connectivity index (χ2n) is 4.65. The zero-order valence-corrected chi connectivity index (χ0v) is 13.8. The first-order valence-electron chi connectivity index (χ1n) is 6.59. The molecule has 0 aromatic carbocycles. The third-order valence-electron chi connectivity index (χ3n) is 2.90. The highest BCUT2D eigenvalue weighted by atomic mass is 127. The zero-order valence-electron chi connectivity index (χ0n) is 11.5. The van der Waals surface area contributed by atoms with Gasteiger partial charge in [-0.25, -0.2) is 4.99 Å². The molecule has 1 aromatic heterocycles. The van der Waals surface area contributed by atoms with Gasteiger partial charge in [0, 0.05) is 13.1 Å². The molecule has 1 heterocycles. The summed E-state index contributed by atoms with van der Waals surface area (Å²) in [6.07, 6.45) is 2.60. The molecule has 112 valence electrons. The number of nitrogens with one attached hydrogen (secondary N) is 2. The van der Waals surface area contributed by atoms with Crippen LogP contribution in [0.3, 0.4) is 0 Å². The molecule has 2 rings (SSSR count). The molecular weight excluding hydrogens is 371 g/mol. The van der Waals surface area contributed by atoms with Gasteiger partial charge in [0.05, 0.1) is 0 Å². The third kappa shape index (κ3) is 5.40. The van der Waals surface area contributed by atoms with E-state index in [1.807, 2.05) is 6.92 Å². The van der Waals surface area contributed by atoms with Crippen molar-refractivity contribution >= 4 is 35.8 Å². The van der Waals surface area contributed by atoms with Crippen molar-refractivity contribution in [3.05, 3.63) is 23.7 Å². The van der Waals surface area contributed by atoms with E-state index < -0.39 is 5.91 Å². The minimum absolute atomic E-state index is 0. The van der Waals surface area contributed by atoms with E-state index in [0.717, 1.165) is 25.0 Å². The Labute approximate surface area is 135 Å². The molecule has 7 heteroatoms. The van der Waals surface area contributed by atoms with Gasteiger partial charge in [-0.2, -0.15) is 0 Å². The Balaban J connectivity index is 0.00000200. The summed E-state index contributed by atoms with van der Waals surface area (Å²) in [5, 5.41) is 6.46. The third-order valence-corrected chi connectivity index (χ3v) is 2.90. The summed E-state index contributed by atoms with van der Waals surface area (Å²) < 4.78 is 5.27. The molecule has 1 aliphatic rings. The van der Waals surface area contributed by atoms with Crippen molar-refractivity contribution in [2.75, 3.05) is 13.1 Å². The van der Waals surface area contributed by atoms with Gasteiger partial charge in [-0.15, -0.1) is 24.0 Å². The van der Waals surface area contributed by atoms with E-state index in [2.05, 4.69) is 15.6 Å². The van der Waals surface area contributed by atoms with Crippen molar-refractivity contribution in [3.63, 3.8) is 0 Å². The van der Waals surface area contributed by atoms with Crippen LogP contribution in [-0.2, 0) is 6.54 Å². The number of carbonyl (C=O) groups excluding carboxylic acids is 1. The molecule has 1 aromatic rings. The average molecular weight is 392 g/mol. The van der Waals surface area contributed by atoms with Crippen LogP contribution in [0.5, 0.6) is 0 Å². The minimum atomic E-state index is -0.561. The standard InChI is InChI=1S/C13H20N4O2.HI/c1-2-15-13(16-7-9-3-4-9)17-8-10-5-6-11(19-10)12(14)18;/h5-6,9H,2-4,7-8H2,1H3,(H2,14,18)(H2,15,16,17);1H. The number of nitrogens with two attached hydrogens (primary N) is 1. The van der Waals surface area contributed by atoms with Gasteiger partial charge < -0.3 is 20.8 Å². The quantitative estimate of drug-likeness (QED) is 0.388. The van der Waals surface area contributed by atoms with Gasteiger partial charge in [-0.05, 0) is 37.8 Å². The highest BCUT2D eigenvalue weighted by Crippen LogP contribution is 2.27. The lowest BCUT2D eigenvalue weighted by Crippen LogP contribution is -2.38. The summed E-state index contributed by atoms with van der Waals surface area (Å²) in [7, 11) is 0. The second-order valence-corrected chi connectivity index (χ2v) is 4.65. The number of rotatable bonds is 6. The second kappa shape index (κ2) is 8.13. The molecule has 1 amide bonds. The van der Waals surface area contributed by atoms with Gasteiger partial charge >= 0.3 is 0 Å². The summed E-state index contributed by atoms with van der Waals surface area (Å²) in [5.74, 6) is 1.79. The molecule has 0 saturated heterocycles. The average Bonchev–Trinajstić information content (AvgIpc) is 3.08. The number of primary amides is 1. The van der Waals surface area contributed by atoms with E-state index >= 15 is 0 Å². The van der Waals surface area contributed by atoms with E-state index in [-0.39, 0.29) is 29.7 Å². The summed E-state index contributed by atoms with van der Waals surface area (Å²) >= 11 is 0. The Morgan fingerprint density at radius 2 is 2.20 bits per heavy atom. The molecule has 0 unspecified atom stereocenters. The molecule has 0 radical (unpaired) electrons. The Kier molecular flexibility index (Phi) is 6.83. The van der Waals surface area contributed by atoms with Gasteiger partial charge in [0.1, 0.15) is 12.3 Å². The van der Waals surface area contributed by atoms with Crippen LogP contribution in [-0.4, -0.2) is 25.0 Å². The number of hydrogen-bond acceptors (Lipinski definition) is 3. The van der Waals surface area contributed by atoms with Crippen LogP contribution >= 0.6 is 24.0 Å². The van der Waals surface area contributed by atoms with E-state index in [1.165, 1.54) is 12.8 Å². The van der Waals surface area contributed by atoms with Gasteiger partial charge in [-0.3, -0.25) is 4.79 Å². The topological polar surface area (TPSA) is 92.6 Å². The van der Waals surface area contributed by atoms with Crippen molar-refractivity contribution in [1.82, 2.24) is 10.6 Å². The maximum absolute atomic E-state index is 10.9. The number of furan rings is 1. The van der Waals surface area contributed by atoms with Crippen LogP contribution in [0.15, 0.2) is 21.5 Å². The molecule has 0 aliphatic heterocycles. The lowest BCUT2D eigenvalue weighted by atomic mass is 10.4. The maximum atomic E-state index is 10.9. The van der Waals surface area contributed by atoms with Gasteiger partial charge in [0.15, 0.2) is 11.7 Å². The number of guanidine groups is 1. The lowest BCUT2D eigenvalue weighted by molar-refractivity contribution is 0.0972. The van der Waals surface area contributed by atoms with Crippen molar-refractivity contribution in [2.45, 2.75) is 26.3 Å². The number of amides is 1. The van der Waals surface area contributed by atoms with Crippen molar-refractivity contribution in [3.8, 4) is 0 Å².